The first-order valence-corrected chi connectivity index (χ1v) is 8.36. The predicted molar refractivity (Wildman–Crippen MR) is 94.7 cm³/mol. The fourth-order valence-corrected chi connectivity index (χ4v) is 2.42. The van der Waals surface area contributed by atoms with E-state index in [0.717, 1.165) is 5.56 Å². The van der Waals surface area contributed by atoms with Gasteiger partial charge in [0.2, 0.25) is 11.8 Å². The van der Waals surface area contributed by atoms with Crippen LogP contribution in [0.3, 0.4) is 0 Å². The zero-order chi connectivity index (χ0) is 17.8. The van der Waals surface area contributed by atoms with E-state index in [-0.39, 0.29) is 17.4 Å². The molecule has 0 bridgehead atoms. The third kappa shape index (κ3) is 6.04. The summed E-state index contributed by atoms with van der Waals surface area (Å²) < 4.78 is 0. The Kier molecular flexibility index (Phi) is 6.90. The number of rotatable bonds is 5. The van der Waals surface area contributed by atoms with Crippen molar-refractivity contribution in [2.75, 3.05) is 0 Å². The molecule has 1 atom stereocenters. The summed E-state index contributed by atoms with van der Waals surface area (Å²) in [6, 6.07) is 4.64. The van der Waals surface area contributed by atoms with Gasteiger partial charge in [0.25, 0.3) is 0 Å². The van der Waals surface area contributed by atoms with Crippen molar-refractivity contribution in [1.82, 2.24) is 10.2 Å². The van der Waals surface area contributed by atoms with E-state index in [4.69, 9.17) is 23.2 Å². The van der Waals surface area contributed by atoms with Crippen molar-refractivity contribution in [3.8, 4) is 0 Å². The van der Waals surface area contributed by atoms with Crippen molar-refractivity contribution in [1.29, 1.82) is 0 Å². The molecular weight excluding hydrogens is 335 g/mol. The van der Waals surface area contributed by atoms with Gasteiger partial charge in [-0.3, -0.25) is 9.59 Å². The highest BCUT2D eigenvalue weighted by Gasteiger charge is 2.27. The van der Waals surface area contributed by atoms with Crippen LogP contribution in [0, 0.1) is 0 Å². The van der Waals surface area contributed by atoms with Crippen LogP contribution in [0.5, 0.6) is 0 Å². The van der Waals surface area contributed by atoms with E-state index in [0.29, 0.717) is 23.0 Å². The molecule has 0 spiro atoms. The molecule has 1 aromatic carbocycles. The second-order valence-corrected chi connectivity index (χ2v) is 7.35. The highest BCUT2D eigenvalue weighted by molar-refractivity contribution is 6.42. The van der Waals surface area contributed by atoms with Crippen molar-refractivity contribution in [3.05, 3.63) is 33.8 Å². The van der Waals surface area contributed by atoms with Gasteiger partial charge < -0.3 is 10.2 Å². The maximum absolute atomic E-state index is 12.4. The molecule has 0 fully saturated rings. The lowest BCUT2D eigenvalue weighted by molar-refractivity contribution is -0.141. The molecule has 0 aliphatic carbocycles. The van der Waals surface area contributed by atoms with E-state index in [2.05, 4.69) is 5.32 Å². The van der Waals surface area contributed by atoms with E-state index in [1.54, 1.807) is 36.9 Å². The first-order chi connectivity index (χ1) is 10.5. The van der Waals surface area contributed by atoms with Gasteiger partial charge >= 0.3 is 0 Å². The van der Waals surface area contributed by atoms with Gasteiger partial charge in [-0.1, -0.05) is 36.2 Å². The van der Waals surface area contributed by atoms with Crippen LogP contribution in [0.1, 0.15) is 46.6 Å². The van der Waals surface area contributed by atoms with Crippen molar-refractivity contribution in [2.45, 2.75) is 59.2 Å². The lowest BCUT2D eigenvalue weighted by Crippen LogP contribution is -2.52. The van der Waals surface area contributed by atoms with Gasteiger partial charge in [0.15, 0.2) is 0 Å². The average Bonchev–Trinajstić information content (AvgIpc) is 2.45. The second kappa shape index (κ2) is 8.02. The molecule has 1 rings (SSSR count). The first-order valence-electron chi connectivity index (χ1n) is 7.60. The fourth-order valence-electron chi connectivity index (χ4n) is 2.09. The minimum atomic E-state index is -0.573. The minimum absolute atomic E-state index is 0.0902. The second-order valence-electron chi connectivity index (χ2n) is 6.54. The summed E-state index contributed by atoms with van der Waals surface area (Å²) in [5, 5.41) is 3.80. The summed E-state index contributed by atoms with van der Waals surface area (Å²) in [4.78, 5) is 26.2. The molecule has 1 aromatic rings. The summed E-state index contributed by atoms with van der Waals surface area (Å²) in [6.45, 7) is 9.53. The molecule has 0 aliphatic heterocycles. The molecule has 128 valence electrons. The molecule has 0 saturated heterocycles. The quantitative estimate of drug-likeness (QED) is 0.863. The Morgan fingerprint density at radius 2 is 1.83 bits per heavy atom. The number of nitrogens with zero attached hydrogens (tertiary/aromatic N) is 1. The van der Waals surface area contributed by atoms with Crippen LogP contribution in [0.4, 0.5) is 0 Å². The number of hydrogen-bond donors (Lipinski definition) is 1. The van der Waals surface area contributed by atoms with Crippen LogP contribution in [-0.2, 0) is 16.1 Å². The molecule has 0 heterocycles. The SMILES string of the molecule is CCC(=O)N(Cc1ccc(Cl)c(Cl)c1)[C@@H](C)C(=O)NC(C)(C)C. The van der Waals surface area contributed by atoms with Crippen LogP contribution >= 0.6 is 23.2 Å². The van der Waals surface area contributed by atoms with Gasteiger partial charge in [0.1, 0.15) is 6.04 Å². The summed E-state index contributed by atoms with van der Waals surface area (Å²) in [6.07, 6.45) is 0.328. The van der Waals surface area contributed by atoms with Crippen molar-refractivity contribution >= 4 is 35.0 Å². The average molecular weight is 359 g/mol. The predicted octanol–water partition coefficient (Wildman–Crippen LogP) is 4.04. The van der Waals surface area contributed by atoms with E-state index < -0.39 is 6.04 Å². The number of halogens is 2. The molecule has 1 N–H and O–H groups in total. The summed E-state index contributed by atoms with van der Waals surface area (Å²) in [5.41, 5.74) is 0.479. The van der Waals surface area contributed by atoms with E-state index in [1.165, 1.54) is 0 Å². The molecule has 2 amide bonds. The smallest absolute Gasteiger partial charge is 0.242 e. The third-order valence-corrected chi connectivity index (χ3v) is 4.04. The van der Waals surface area contributed by atoms with Gasteiger partial charge in [-0.15, -0.1) is 0 Å². The molecule has 4 nitrogen and oxygen atoms in total. The maximum atomic E-state index is 12.4. The lowest BCUT2D eigenvalue weighted by Gasteiger charge is -2.31. The molecule has 0 saturated carbocycles. The van der Waals surface area contributed by atoms with Crippen LogP contribution < -0.4 is 5.32 Å². The summed E-state index contributed by atoms with van der Waals surface area (Å²) in [7, 11) is 0. The Labute approximate surface area is 148 Å². The molecule has 23 heavy (non-hydrogen) atoms. The molecule has 0 aliphatic rings. The van der Waals surface area contributed by atoms with E-state index in [1.807, 2.05) is 20.8 Å². The largest absolute Gasteiger partial charge is 0.350 e. The molecule has 0 unspecified atom stereocenters. The number of amides is 2. The Morgan fingerprint density at radius 1 is 1.22 bits per heavy atom. The van der Waals surface area contributed by atoms with Crippen LogP contribution in [0.2, 0.25) is 10.0 Å². The Bertz CT molecular complexity index is 582. The Balaban J connectivity index is 2.97. The number of hydrogen-bond acceptors (Lipinski definition) is 2. The first kappa shape index (κ1) is 19.8. The highest BCUT2D eigenvalue weighted by Crippen LogP contribution is 2.24. The van der Waals surface area contributed by atoms with Gasteiger partial charge in [-0.25, -0.2) is 0 Å². The zero-order valence-corrected chi connectivity index (χ0v) is 15.8. The van der Waals surface area contributed by atoms with Crippen molar-refractivity contribution in [2.24, 2.45) is 0 Å². The fraction of sp³-hybridized carbons (Fsp3) is 0.529. The van der Waals surface area contributed by atoms with Gasteiger partial charge in [0.05, 0.1) is 10.0 Å². The van der Waals surface area contributed by atoms with Crippen LogP contribution in [0.25, 0.3) is 0 Å². The number of carbonyl (C=O) groups is 2. The third-order valence-electron chi connectivity index (χ3n) is 3.30. The minimum Gasteiger partial charge on any atom is -0.350 e. The van der Waals surface area contributed by atoms with Gasteiger partial charge in [0, 0.05) is 18.5 Å². The van der Waals surface area contributed by atoms with Gasteiger partial charge in [-0.2, -0.15) is 0 Å². The lowest BCUT2D eigenvalue weighted by atomic mass is 10.1. The molecule has 6 heteroatoms. The van der Waals surface area contributed by atoms with Crippen LogP contribution in [0.15, 0.2) is 18.2 Å². The molecule has 0 radical (unpaired) electrons. The Hall–Kier alpha value is -1.26. The number of benzene rings is 1. The monoisotopic (exact) mass is 358 g/mol. The van der Waals surface area contributed by atoms with Gasteiger partial charge in [-0.05, 0) is 45.4 Å². The number of carbonyl (C=O) groups excluding carboxylic acids is 2. The summed E-state index contributed by atoms with van der Waals surface area (Å²) >= 11 is 11.9. The van der Waals surface area contributed by atoms with Crippen molar-refractivity contribution < 1.29 is 9.59 Å². The van der Waals surface area contributed by atoms with Crippen molar-refractivity contribution in [3.63, 3.8) is 0 Å². The normalized spacial score (nSPS) is 12.7. The number of nitrogens with one attached hydrogen (secondary N) is 1. The van der Waals surface area contributed by atoms with Crippen LogP contribution in [-0.4, -0.2) is 28.3 Å². The standard InChI is InChI=1S/C17H24Cl2N2O2/c1-6-15(22)21(11(2)16(23)20-17(3,4)5)10-12-7-8-13(18)14(19)9-12/h7-9,11H,6,10H2,1-5H3,(H,20,23)/t11-/m0/s1. The topological polar surface area (TPSA) is 49.4 Å². The van der Waals surface area contributed by atoms with E-state index >= 15 is 0 Å². The maximum Gasteiger partial charge on any atom is 0.242 e. The Morgan fingerprint density at radius 3 is 2.30 bits per heavy atom. The zero-order valence-electron chi connectivity index (χ0n) is 14.2. The molecular formula is C17H24Cl2N2O2. The molecule has 0 aromatic heterocycles. The van der Waals surface area contributed by atoms with E-state index in [9.17, 15) is 9.59 Å². The highest BCUT2D eigenvalue weighted by atomic mass is 35.5. The summed E-state index contributed by atoms with van der Waals surface area (Å²) in [5.74, 6) is -0.271.